The van der Waals surface area contributed by atoms with Gasteiger partial charge in [0.05, 0.1) is 11.4 Å². The van der Waals surface area contributed by atoms with Gasteiger partial charge < -0.3 is 10.6 Å². The highest BCUT2D eigenvalue weighted by Crippen LogP contribution is 2.39. The van der Waals surface area contributed by atoms with E-state index in [1.807, 2.05) is 30.3 Å². The summed E-state index contributed by atoms with van der Waals surface area (Å²) in [4.78, 5) is 15.9. The van der Waals surface area contributed by atoms with Crippen LogP contribution in [-0.4, -0.2) is 31.3 Å². The molecule has 1 unspecified atom stereocenters. The summed E-state index contributed by atoms with van der Waals surface area (Å²) in [5.74, 6) is -1.60. The van der Waals surface area contributed by atoms with Crippen molar-refractivity contribution in [1.29, 1.82) is 0 Å². The number of thiol groups is 1. The van der Waals surface area contributed by atoms with Crippen LogP contribution >= 0.6 is 11.3 Å². The first-order valence-corrected chi connectivity index (χ1v) is 15.6. The summed E-state index contributed by atoms with van der Waals surface area (Å²) in [6.07, 6.45) is 3.15. The third kappa shape index (κ3) is 6.32. The quantitative estimate of drug-likeness (QED) is 0.147. The highest BCUT2D eigenvalue weighted by molar-refractivity contribution is 7.82. The molecule has 12 heteroatoms. The number of rotatable bonds is 9. The molecule has 0 bridgehead atoms. The molecule has 8 nitrogen and oxygen atoms in total. The third-order valence-corrected chi connectivity index (χ3v) is 9.09. The van der Waals surface area contributed by atoms with Crippen molar-refractivity contribution < 1.29 is 28.4 Å². The molecule has 0 saturated heterocycles. The molecular formula is C31H28F2N4O4S2. The largest absolute Gasteiger partial charge is 0.870 e. The van der Waals surface area contributed by atoms with Crippen LogP contribution in [0.25, 0.3) is 27.5 Å². The number of aromatic carboxylic acids is 1. The molecule has 1 fully saturated rings. The molecule has 5 aromatic rings. The van der Waals surface area contributed by atoms with Gasteiger partial charge in [-0.2, -0.15) is 5.10 Å². The minimum absolute atomic E-state index is 0. The van der Waals surface area contributed by atoms with Gasteiger partial charge in [0.2, 0.25) is 10.0 Å². The van der Waals surface area contributed by atoms with Crippen LogP contribution in [0.1, 0.15) is 45.7 Å². The maximum absolute atomic E-state index is 14.8. The van der Waals surface area contributed by atoms with Gasteiger partial charge in [-0.1, -0.05) is 40.6 Å². The number of aryl methyl sites for hydroxylation is 1. The topological polar surface area (TPSA) is 141 Å². The van der Waals surface area contributed by atoms with E-state index >= 15 is 0 Å². The molecule has 1 aliphatic rings. The summed E-state index contributed by atoms with van der Waals surface area (Å²) in [6, 6.07) is 17.2. The molecule has 6 rings (SSSR count). The molecule has 0 radical (unpaired) electrons. The molecule has 1 aliphatic carbocycles. The van der Waals surface area contributed by atoms with Gasteiger partial charge >= 0.3 is 5.97 Å². The summed E-state index contributed by atoms with van der Waals surface area (Å²) in [6.45, 7) is 1.71. The minimum atomic E-state index is -2.32. The van der Waals surface area contributed by atoms with Crippen molar-refractivity contribution in [1.82, 2.24) is 14.8 Å². The van der Waals surface area contributed by atoms with Crippen LogP contribution in [0.2, 0.25) is 0 Å². The predicted molar refractivity (Wildman–Crippen MR) is 161 cm³/mol. The average molecular weight is 623 g/mol. The van der Waals surface area contributed by atoms with Crippen LogP contribution in [0.5, 0.6) is 0 Å². The van der Waals surface area contributed by atoms with Crippen molar-refractivity contribution >= 4 is 28.3 Å². The Morgan fingerprint density at radius 3 is 2.47 bits per heavy atom. The molecule has 222 valence electrons. The van der Waals surface area contributed by atoms with Gasteiger partial charge in [0.1, 0.15) is 5.82 Å². The molecule has 4 N–H and O–H groups in total. The summed E-state index contributed by atoms with van der Waals surface area (Å²) >= 11 is 1.19. The molecule has 2 aromatic heterocycles. The Kier molecular flexibility index (Phi) is 8.65. The monoisotopic (exact) mass is 622 g/mol. The van der Waals surface area contributed by atoms with E-state index in [1.165, 1.54) is 34.9 Å². The summed E-state index contributed by atoms with van der Waals surface area (Å²) in [5.41, 5.74) is 5.81. The standard InChI is InChI=1S/C31H26F2N4O3S2.H2O/c1-17-5-9-21(15-24(17)32)20-3-2-4-22(14-20)29-23(11-19-8-10-28(42(34)40)25(33)12-19)27(13-18-6-7-18)37(36-29)31-35-26(16-41-31)30(38)39;/h2-5,8-10,12,14-16,18H,6-7,11,13H2,1H3,(H2,34,40)(H,38,39);1H2. The third-order valence-electron chi connectivity index (χ3n) is 7.43. The Morgan fingerprint density at radius 1 is 1.07 bits per heavy atom. The molecule has 0 amide bonds. The maximum Gasteiger partial charge on any atom is 0.355 e. The van der Waals surface area contributed by atoms with E-state index in [2.05, 4.69) is 4.98 Å². The fourth-order valence-corrected chi connectivity index (χ4v) is 6.26. The van der Waals surface area contributed by atoms with E-state index in [0.29, 0.717) is 40.7 Å². The lowest BCUT2D eigenvalue weighted by Gasteiger charge is -2.10. The summed E-state index contributed by atoms with van der Waals surface area (Å²) < 4.78 is 42.7. The van der Waals surface area contributed by atoms with Gasteiger partial charge in [-0.05, 0) is 78.6 Å². The van der Waals surface area contributed by atoms with Gasteiger partial charge in [0.15, 0.2) is 22.5 Å². The Bertz CT molecular complexity index is 1870. The average Bonchev–Trinajstić information content (AvgIpc) is 3.52. The molecule has 1 saturated carbocycles. The van der Waals surface area contributed by atoms with E-state index in [1.54, 1.807) is 23.7 Å². The van der Waals surface area contributed by atoms with Crippen molar-refractivity contribution in [3.63, 3.8) is 0 Å². The molecule has 0 spiro atoms. The van der Waals surface area contributed by atoms with Crippen molar-refractivity contribution in [3.8, 4) is 27.5 Å². The zero-order chi connectivity index (χ0) is 29.5. The fraction of sp³-hybridized carbons (Fsp3) is 0.194. The van der Waals surface area contributed by atoms with Gasteiger partial charge in [-0.25, -0.2) is 23.2 Å². The number of thiazole rings is 1. The zero-order valence-corrected chi connectivity index (χ0v) is 24.7. The molecule has 2 heterocycles. The number of carboxylic acid groups (broad SMARTS) is 1. The van der Waals surface area contributed by atoms with E-state index in [4.69, 9.17) is 10.2 Å². The fourth-order valence-electron chi connectivity index (χ4n) is 4.99. The van der Waals surface area contributed by atoms with Gasteiger partial charge in [0, 0.05) is 22.9 Å². The number of carboxylic acids is 1. The van der Waals surface area contributed by atoms with Crippen LogP contribution in [0.15, 0.2) is 70.9 Å². The lowest BCUT2D eigenvalue weighted by atomic mass is 9.95. The minimum Gasteiger partial charge on any atom is -0.870 e. The van der Waals surface area contributed by atoms with Crippen molar-refractivity contribution in [2.24, 2.45) is 11.1 Å². The second kappa shape index (κ2) is 12.3. The van der Waals surface area contributed by atoms with Crippen LogP contribution in [-0.2, 0) is 28.0 Å². The highest BCUT2D eigenvalue weighted by atomic mass is 32.2. The number of aromatic nitrogens is 3. The number of halogens is 2. The molecule has 43 heavy (non-hydrogen) atoms. The number of carbonyl (C=O) groups is 1. The Labute approximate surface area is 252 Å². The Hall–Kier alpha value is -4.10. The Balaban J connectivity index is 0.00000368. The first-order valence-electron chi connectivity index (χ1n) is 13.3. The Morgan fingerprint density at radius 2 is 1.81 bits per heavy atom. The number of hydrogen-bond donors (Lipinski definition) is 2. The van der Waals surface area contributed by atoms with Crippen LogP contribution in [0, 0.1) is 24.5 Å². The first-order chi connectivity index (χ1) is 20.2. The van der Waals surface area contributed by atoms with Crippen LogP contribution < -0.4 is 5.14 Å². The molecule has 1 atom stereocenters. The molecule has 3 aromatic carbocycles. The lowest BCUT2D eigenvalue weighted by molar-refractivity contribution is 0.0691. The van der Waals surface area contributed by atoms with Crippen LogP contribution in [0.3, 0.4) is 0 Å². The van der Waals surface area contributed by atoms with E-state index in [9.17, 15) is 22.9 Å². The van der Waals surface area contributed by atoms with Crippen molar-refractivity contribution in [2.45, 2.75) is 37.5 Å². The zero-order valence-electron chi connectivity index (χ0n) is 23.0. The van der Waals surface area contributed by atoms with E-state index in [-0.39, 0.29) is 21.9 Å². The number of nitrogens with zero attached hydrogens (tertiary/aromatic N) is 3. The summed E-state index contributed by atoms with van der Waals surface area (Å²) in [5, 5.41) is 21.8. The second-order valence-corrected chi connectivity index (χ2v) is 12.5. The van der Waals surface area contributed by atoms with Crippen molar-refractivity contribution in [3.05, 3.63) is 106 Å². The highest BCUT2D eigenvalue weighted by Gasteiger charge is 2.29. The number of nitrogens with two attached hydrogens (primary N) is 1. The normalized spacial score (nSPS) is 13.5. The lowest BCUT2D eigenvalue weighted by Crippen LogP contribution is -2.07. The van der Waals surface area contributed by atoms with E-state index < -0.39 is 22.8 Å². The molecular weight excluding hydrogens is 594 g/mol. The van der Waals surface area contributed by atoms with Gasteiger partial charge in [-0.3, -0.25) is 0 Å². The van der Waals surface area contributed by atoms with Crippen LogP contribution in [0.4, 0.5) is 8.78 Å². The number of hydrogen-bond acceptors (Lipinski definition) is 6. The maximum atomic E-state index is 14.8. The van der Waals surface area contributed by atoms with Gasteiger partial charge in [-0.15, -0.1) is 16.5 Å². The first kappa shape index (κ1) is 30.4. The predicted octanol–water partition coefficient (Wildman–Crippen LogP) is 6.24. The summed E-state index contributed by atoms with van der Waals surface area (Å²) in [7, 11) is -2.32. The van der Waals surface area contributed by atoms with Gasteiger partial charge in [0.25, 0.3) is 0 Å². The van der Waals surface area contributed by atoms with Crippen molar-refractivity contribution in [2.75, 3.05) is 0 Å². The number of benzene rings is 3. The molecule has 0 aliphatic heterocycles. The smallest absolute Gasteiger partial charge is 0.355 e. The second-order valence-electron chi connectivity index (χ2n) is 10.5. The van der Waals surface area contributed by atoms with E-state index in [0.717, 1.165) is 40.8 Å². The SMILES string of the molecule is Cc1ccc(-c2cccc(-c3nn(-c4nc(C(=O)O)cs4)c(CC4CC4)c3Cc3ccc([SH+](N)=O)c(F)c3)c2)cc1F.[OH-].